The van der Waals surface area contributed by atoms with Crippen LogP contribution in [0.1, 0.15) is 61.6 Å². The SMILES string of the molecule is CNC(CC1CCCO1)c1ccc(C2CCC2)cc1. The molecular weight excluding hydrogens is 234 g/mol. The lowest BCUT2D eigenvalue weighted by Crippen LogP contribution is -2.22. The van der Waals surface area contributed by atoms with Crippen LogP contribution in [0.2, 0.25) is 0 Å². The molecule has 0 amide bonds. The maximum Gasteiger partial charge on any atom is 0.0594 e. The smallest absolute Gasteiger partial charge is 0.0594 e. The van der Waals surface area contributed by atoms with E-state index in [1.165, 1.54) is 43.2 Å². The van der Waals surface area contributed by atoms with Gasteiger partial charge >= 0.3 is 0 Å². The Morgan fingerprint density at radius 2 is 1.95 bits per heavy atom. The maximum absolute atomic E-state index is 5.76. The van der Waals surface area contributed by atoms with Crippen LogP contribution in [0.4, 0.5) is 0 Å². The normalized spacial score (nSPS) is 25.2. The van der Waals surface area contributed by atoms with Gasteiger partial charge in [-0.05, 0) is 56.2 Å². The summed E-state index contributed by atoms with van der Waals surface area (Å²) in [6.07, 6.45) is 8.16. The third kappa shape index (κ3) is 3.01. The second-order valence-corrected chi connectivity index (χ2v) is 6.01. The summed E-state index contributed by atoms with van der Waals surface area (Å²) in [7, 11) is 2.06. The third-order valence-electron chi connectivity index (χ3n) is 4.79. The van der Waals surface area contributed by atoms with Crippen molar-refractivity contribution in [3.63, 3.8) is 0 Å². The van der Waals surface area contributed by atoms with E-state index < -0.39 is 0 Å². The highest BCUT2D eigenvalue weighted by Crippen LogP contribution is 2.36. The number of hydrogen-bond donors (Lipinski definition) is 1. The van der Waals surface area contributed by atoms with E-state index in [1.54, 1.807) is 0 Å². The van der Waals surface area contributed by atoms with Gasteiger partial charge in [-0.1, -0.05) is 30.7 Å². The number of nitrogens with one attached hydrogen (secondary N) is 1. The summed E-state index contributed by atoms with van der Waals surface area (Å²) in [5.41, 5.74) is 2.93. The lowest BCUT2D eigenvalue weighted by molar-refractivity contribution is 0.0954. The standard InChI is InChI=1S/C17H25NO/c1-18-17(12-16-6-3-11-19-16)15-9-7-14(8-10-15)13-4-2-5-13/h7-10,13,16-18H,2-6,11-12H2,1H3. The molecule has 3 rings (SSSR count). The topological polar surface area (TPSA) is 21.3 Å². The average molecular weight is 259 g/mol. The van der Waals surface area contributed by atoms with E-state index in [0.717, 1.165) is 18.9 Å². The fraction of sp³-hybridized carbons (Fsp3) is 0.647. The number of benzene rings is 1. The third-order valence-corrected chi connectivity index (χ3v) is 4.79. The predicted octanol–water partition coefficient (Wildman–Crippen LogP) is 3.78. The van der Waals surface area contributed by atoms with Crippen molar-refractivity contribution in [2.45, 2.75) is 56.6 Å². The van der Waals surface area contributed by atoms with Gasteiger partial charge in [0.15, 0.2) is 0 Å². The van der Waals surface area contributed by atoms with Gasteiger partial charge in [0.2, 0.25) is 0 Å². The van der Waals surface area contributed by atoms with E-state index in [-0.39, 0.29) is 0 Å². The minimum absolute atomic E-state index is 0.429. The van der Waals surface area contributed by atoms with Gasteiger partial charge in [-0.3, -0.25) is 0 Å². The van der Waals surface area contributed by atoms with Crippen LogP contribution in [-0.2, 0) is 4.74 Å². The van der Waals surface area contributed by atoms with Crippen molar-refractivity contribution in [2.24, 2.45) is 0 Å². The van der Waals surface area contributed by atoms with E-state index >= 15 is 0 Å². The summed E-state index contributed by atoms with van der Waals surface area (Å²) in [5.74, 6) is 0.834. The van der Waals surface area contributed by atoms with E-state index in [9.17, 15) is 0 Å². The van der Waals surface area contributed by atoms with Crippen molar-refractivity contribution < 1.29 is 4.74 Å². The molecule has 1 heterocycles. The van der Waals surface area contributed by atoms with Crippen LogP contribution in [0.15, 0.2) is 24.3 Å². The summed E-state index contributed by atoms with van der Waals surface area (Å²) in [4.78, 5) is 0. The minimum Gasteiger partial charge on any atom is -0.378 e. The predicted molar refractivity (Wildman–Crippen MR) is 78.4 cm³/mol. The lowest BCUT2D eigenvalue weighted by atomic mass is 9.79. The monoisotopic (exact) mass is 259 g/mol. The first-order valence-corrected chi connectivity index (χ1v) is 7.75. The Balaban J connectivity index is 1.64. The molecule has 1 aliphatic heterocycles. The van der Waals surface area contributed by atoms with Crippen molar-refractivity contribution in [1.82, 2.24) is 5.32 Å². The molecule has 2 aliphatic rings. The molecule has 2 nitrogen and oxygen atoms in total. The quantitative estimate of drug-likeness (QED) is 0.869. The van der Waals surface area contributed by atoms with Crippen LogP contribution in [-0.4, -0.2) is 19.8 Å². The Morgan fingerprint density at radius 1 is 1.16 bits per heavy atom. The number of ether oxygens (including phenoxy) is 1. The van der Waals surface area contributed by atoms with Crippen molar-refractivity contribution in [3.05, 3.63) is 35.4 Å². The molecule has 0 spiro atoms. The van der Waals surface area contributed by atoms with Gasteiger partial charge in [0, 0.05) is 12.6 Å². The van der Waals surface area contributed by atoms with Crippen LogP contribution < -0.4 is 5.32 Å². The highest BCUT2D eigenvalue weighted by atomic mass is 16.5. The summed E-state index contributed by atoms with van der Waals surface area (Å²) >= 11 is 0. The van der Waals surface area contributed by atoms with Crippen molar-refractivity contribution in [2.75, 3.05) is 13.7 Å². The molecule has 0 bridgehead atoms. The molecule has 1 aromatic carbocycles. The first kappa shape index (κ1) is 13.1. The second kappa shape index (κ2) is 6.06. The van der Waals surface area contributed by atoms with Gasteiger partial charge in [-0.25, -0.2) is 0 Å². The highest BCUT2D eigenvalue weighted by Gasteiger charge is 2.22. The zero-order valence-electron chi connectivity index (χ0n) is 11.9. The number of rotatable bonds is 5. The molecule has 2 heteroatoms. The van der Waals surface area contributed by atoms with Crippen molar-refractivity contribution >= 4 is 0 Å². The van der Waals surface area contributed by atoms with Gasteiger partial charge in [0.1, 0.15) is 0 Å². The van der Waals surface area contributed by atoms with Crippen molar-refractivity contribution in [3.8, 4) is 0 Å². The van der Waals surface area contributed by atoms with Gasteiger partial charge in [-0.2, -0.15) is 0 Å². The van der Waals surface area contributed by atoms with Crippen molar-refractivity contribution in [1.29, 1.82) is 0 Å². The molecule has 104 valence electrons. The van der Waals surface area contributed by atoms with E-state index in [1.807, 2.05) is 0 Å². The van der Waals surface area contributed by atoms with Gasteiger partial charge in [0.25, 0.3) is 0 Å². The first-order chi connectivity index (χ1) is 9.36. The summed E-state index contributed by atoms with van der Waals surface area (Å²) in [5, 5.41) is 3.44. The summed E-state index contributed by atoms with van der Waals surface area (Å²) in [6.45, 7) is 0.946. The average Bonchev–Trinajstić information content (AvgIpc) is 2.88. The molecule has 1 aromatic rings. The molecule has 1 saturated carbocycles. The van der Waals surface area contributed by atoms with E-state index in [0.29, 0.717) is 12.1 Å². The molecule has 2 fully saturated rings. The van der Waals surface area contributed by atoms with Crippen LogP contribution >= 0.6 is 0 Å². The minimum atomic E-state index is 0.429. The Labute approximate surface area is 116 Å². The van der Waals surface area contributed by atoms with Crippen LogP contribution in [0, 0.1) is 0 Å². The molecule has 0 aromatic heterocycles. The molecule has 1 saturated heterocycles. The van der Waals surface area contributed by atoms with E-state index in [2.05, 4.69) is 36.6 Å². The zero-order valence-corrected chi connectivity index (χ0v) is 11.9. The highest BCUT2D eigenvalue weighted by molar-refractivity contribution is 5.28. The Kier molecular flexibility index (Phi) is 4.19. The van der Waals surface area contributed by atoms with Crippen LogP contribution in [0.3, 0.4) is 0 Å². The fourth-order valence-electron chi connectivity index (χ4n) is 3.26. The second-order valence-electron chi connectivity index (χ2n) is 6.01. The Bertz CT molecular complexity index is 390. The zero-order chi connectivity index (χ0) is 13.1. The van der Waals surface area contributed by atoms with Crippen LogP contribution in [0.25, 0.3) is 0 Å². The molecule has 19 heavy (non-hydrogen) atoms. The fourth-order valence-corrected chi connectivity index (χ4v) is 3.26. The molecule has 1 N–H and O–H groups in total. The molecular formula is C17H25NO. The molecule has 2 unspecified atom stereocenters. The lowest BCUT2D eigenvalue weighted by Gasteiger charge is -2.26. The summed E-state index contributed by atoms with van der Waals surface area (Å²) < 4.78 is 5.76. The maximum atomic E-state index is 5.76. The van der Waals surface area contributed by atoms with Gasteiger partial charge in [0.05, 0.1) is 6.10 Å². The first-order valence-electron chi connectivity index (χ1n) is 7.75. The summed E-state index contributed by atoms with van der Waals surface area (Å²) in [6, 6.07) is 9.71. The molecule has 2 atom stereocenters. The van der Waals surface area contributed by atoms with Gasteiger partial charge < -0.3 is 10.1 Å². The number of hydrogen-bond acceptors (Lipinski definition) is 2. The van der Waals surface area contributed by atoms with Gasteiger partial charge in [-0.15, -0.1) is 0 Å². The largest absolute Gasteiger partial charge is 0.378 e. The van der Waals surface area contributed by atoms with E-state index in [4.69, 9.17) is 4.74 Å². The molecule has 0 radical (unpaired) electrons. The molecule has 1 aliphatic carbocycles. The van der Waals surface area contributed by atoms with Crippen LogP contribution in [0.5, 0.6) is 0 Å². The Hall–Kier alpha value is -0.860. The Morgan fingerprint density at radius 3 is 2.47 bits per heavy atom.